The Morgan fingerprint density at radius 3 is 2.14 bits per heavy atom. The Morgan fingerprint density at radius 2 is 1.55 bits per heavy atom. The van der Waals surface area contributed by atoms with Gasteiger partial charge in [0.05, 0.1) is 5.75 Å². The number of hydrogen-bond acceptors (Lipinski definition) is 4. The van der Waals surface area contributed by atoms with E-state index in [9.17, 15) is 13.2 Å². The van der Waals surface area contributed by atoms with Gasteiger partial charge in [-0.05, 0) is 29.7 Å². The molecule has 2 aromatic carbocycles. The second kappa shape index (κ2) is 7.20. The highest BCUT2D eigenvalue weighted by molar-refractivity contribution is 7.90. The van der Waals surface area contributed by atoms with Gasteiger partial charge in [-0.3, -0.25) is 4.79 Å². The number of rotatable bonds is 6. The van der Waals surface area contributed by atoms with E-state index in [-0.39, 0.29) is 24.3 Å². The van der Waals surface area contributed by atoms with Crippen molar-refractivity contribution in [3.8, 4) is 11.1 Å². The van der Waals surface area contributed by atoms with E-state index in [1.807, 2.05) is 35.1 Å². The van der Waals surface area contributed by atoms with Crippen LogP contribution in [-0.2, 0) is 10.0 Å². The number of benzene rings is 2. The lowest BCUT2D eigenvalue weighted by Gasteiger charge is -2.07. The largest absolute Gasteiger partial charge is 0.396 e. The van der Waals surface area contributed by atoms with Gasteiger partial charge in [-0.2, -0.15) is 0 Å². The van der Waals surface area contributed by atoms with E-state index >= 15 is 0 Å². The van der Waals surface area contributed by atoms with Crippen molar-refractivity contribution in [2.24, 2.45) is 0 Å². The van der Waals surface area contributed by atoms with Crippen LogP contribution in [0.1, 0.15) is 16.8 Å². The van der Waals surface area contributed by atoms with Crippen molar-refractivity contribution in [2.75, 3.05) is 12.4 Å². The second-order valence-corrected chi connectivity index (χ2v) is 6.61. The van der Waals surface area contributed by atoms with Gasteiger partial charge >= 0.3 is 0 Å². The van der Waals surface area contributed by atoms with Crippen molar-refractivity contribution in [3.63, 3.8) is 0 Å². The van der Waals surface area contributed by atoms with Crippen LogP contribution in [0.2, 0.25) is 0 Å². The summed E-state index contributed by atoms with van der Waals surface area (Å²) in [6, 6.07) is 16.4. The Balaban J connectivity index is 2.09. The third-order valence-corrected chi connectivity index (χ3v) is 4.40. The number of carbonyl (C=O) groups is 1. The van der Waals surface area contributed by atoms with E-state index in [1.54, 1.807) is 24.3 Å². The second-order valence-electron chi connectivity index (χ2n) is 4.77. The highest BCUT2D eigenvalue weighted by Crippen LogP contribution is 2.19. The number of aliphatic hydroxyl groups is 1. The maximum atomic E-state index is 11.9. The van der Waals surface area contributed by atoms with E-state index in [2.05, 4.69) is 0 Å². The molecule has 0 unspecified atom stereocenters. The molecule has 0 aliphatic carbocycles. The first-order valence-electron chi connectivity index (χ1n) is 6.83. The molecule has 0 radical (unpaired) electrons. The lowest BCUT2D eigenvalue weighted by atomic mass is 10.0. The zero-order chi connectivity index (χ0) is 16.0. The fraction of sp³-hybridized carbons (Fsp3) is 0.188. The summed E-state index contributed by atoms with van der Waals surface area (Å²) >= 11 is 0. The molecule has 0 saturated heterocycles. The molecule has 2 rings (SSSR count). The van der Waals surface area contributed by atoms with E-state index in [4.69, 9.17) is 5.11 Å². The minimum atomic E-state index is -3.71. The molecule has 0 heterocycles. The van der Waals surface area contributed by atoms with Crippen molar-refractivity contribution in [3.05, 3.63) is 60.2 Å². The lowest BCUT2D eigenvalue weighted by Crippen LogP contribution is -2.32. The number of amides is 1. The van der Waals surface area contributed by atoms with Crippen LogP contribution in [0.25, 0.3) is 11.1 Å². The Kier molecular flexibility index (Phi) is 5.30. The minimum Gasteiger partial charge on any atom is -0.396 e. The topological polar surface area (TPSA) is 83.5 Å². The van der Waals surface area contributed by atoms with Crippen LogP contribution in [0.15, 0.2) is 54.6 Å². The zero-order valence-electron chi connectivity index (χ0n) is 11.9. The van der Waals surface area contributed by atoms with Gasteiger partial charge in [0, 0.05) is 12.2 Å². The Morgan fingerprint density at radius 1 is 0.955 bits per heavy atom. The number of nitrogens with one attached hydrogen (secondary N) is 1. The predicted molar refractivity (Wildman–Crippen MR) is 84.8 cm³/mol. The molecule has 0 atom stereocenters. The molecule has 1 amide bonds. The SMILES string of the molecule is O=C(NS(=O)(=O)CCCO)c1ccc(-c2ccccc2)cc1. The molecule has 0 aliphatic rings. The van der Waals surface area contributed by atoms with Crippen molar-refractivity contribution in [1.29, 1.82) is 0 Å². The molecule has 0 bridgehead atoms. The molecule has 2 aromatic rings. The predicted octanol–water partition coefficient (Wildman–Crippen LogP) is 1.80. The lowest BCUT2D eigenvalue weighted by molar-refractivity contribution is 0.0981. The molecule has 6 heteroatoms. The number of hydrogen-bond donors (Lipinski definition) is 2. The van der Waals surface area contributed by atoms with Crippen molar-refractivity contribution in [1.82, 2.24) is 4.72 Å². The van der Waals surface area contributed by atoms with Crippen LogP contribution in [0, 0.1) is 0 Å². The van der Waals surface area contributed by atoms with Gasteiger partial charge in [0.2, 0.25) is 10.0 Å². The van der Waals surface area contributed by atoms with E-state index < -0.39 is 15.9 Å². The van der Waals surface area contributed by atoms with Gasteiger partial charge in [-0.1, -0.05) is 42.5 Å². The van der Waals surface area contributed by atoms with Crippen LogP contribution >= 0.6 is 0 Å². The van der Waals surface area contributed by atoms with Crippen LogP contribution in [-0.4, -0.2) is 31.8 Å². The maximum Gasteiger partial charge on any atom is 0.264 e. The standard InChI is InChI=1S/C16H17NO4S/c18-11-4-12-22(20,21)17-16(19)15-9-7-14(8-10-15)13-5-2-1-3-6-13/h1-3,5-10,18H,4,11-12H2,(H,17,19). The van der Waals surface area contributed by atoms with Gasteiger partial charge in [0.1, 0.15) is 0 Å². The Hall–Kier alpha value is -2.18. The monoisotopic (exact) mass is 319 g/mol. The first kappa shape index (κ1) is 16.2. The first-order chi connectivity index (χ1) is 10.5. The third-order valence-electron chi connectivity index (χ3n) is 3.07. The summed E-state index contributed by atoms with van der Waals surface area (Å²) in [6.07, 6.45) is 0.0928. The molecule has 0 aromatic heterocycles. The normalized spacial score (nSPS) is 11.1. The van der Waals surface area contributed by atoms with Crippen molar-refractivity contribution < 1.29 is 18.3 Å². The van der Waals surface area contributed by atoms with Crippen LogP contribution in [0.3, 0.4) is 0 Å². The molecule has 0 saturated carbocycles. The molecular weight excluding hydrogens is 302 g/mol. The summed E-state index contributed by atoms with van der Waals surface area (Å²) < 4.78 is 25.2. The average Bonchev–Trinajstić information content (AvgIpc) is 2.53. The van der Waals surface area contributed by atoms with Gasteiger partial charge in [-0.15, -0.1) is 0 Å². The highest BCUT2D eigenvalue weighted by Gasteiger charge is 2.15. The van der Waals surface area contributed by atoms with Crippen molar-refractivity contribution >= 4 is 15.9 Å². The quantitative estimate of drug-likeness (QED) is 0.850. The number of aliphatic hydroxyl groups excluding tert-OH is 1. The molecule has 0 aliphatic heterocycles. The average molecular weight is 319 g/mol. The summed E-state index contributed by atoms with van der Waals surface area (Å²) in [4.78, 5) is 11.9. The van der Waals surface area contributed by atoms with E-state index in [1.165, 1.54) is 0 Å². The number of sulfonamides is 1. The third kappa shape index (κ3) is 4.41. The van der Waals surface area contributed by atoms with Crippen molar-refractivity contribution in [2.45, 2.75) is 6.42 Å². The molecule has 0 fully saturated rings. The molecule has 0 spiro atoms. The van der Waals surface area contributed by atoms with Crippen LogP contribution < -0.4 is 4.72 Å². The number of carbonyl (C=O) groups excluding carboxylic acids is 1. The summed E-state index contributed by atoms with van der Waals surface area (Å²) in [5.41, 5.74) is 2.23. The van der Waals surface area contributed by atoms with Crippen LogP contribution in [0.5, 0.6) is 0 Å². The van der Waals surface area contributed by atoms with E-state index in [0.29, 0.717) is 0 Å². The summed E-state index contributed by atoms with van der Waals surface area (Å²) in [5.74, 6) is -0.949. The smallest absolute Gasteiger partial charge is 0.264 e. The fourth-order valence-corrected chi connectivity index (χ4v) is 2.96. The Bertz CT molecular complexity index is 725. The molecule has 22 heavy (non-hydrogen) atoms. The zero-order valence-corrected chi connectivity index (χ0v) is 12.7. The molecule has 5 nitrogen and oxygen atoms in total. The molecule has 116 valence electrons. The van der Waals surface area contributed by atoms with Gasteiger partial charge in [0.25, 0.3) is 5.91 Å². The fourth-order valence-electron chi connectivity index (χ4n) is 1.95. The summed E-state index contributed by atoms with van der Waals surface area (Å²) in [5, 5.41) is 8.64. The van der Waals surface area contributed by atoms with E-state index in [0.717, 1.165) is 11.1 Å². The van der Waals surface area contributed by atoms with Gasteiger partial charge in [-0.25, -0.2) is 13.1 Å². The van der Waals surface area contributed by atoms with Gasteiger partial charge < -0.3 is 5.11 Å². The highest BCUT2D eigenvalue weighted by atomic mass is 32.2. The molecule has 2 N–H and O–H groups in total. The maximum absolute atomic E-state index is 11.9. The minimum absolute atomic E-state index is 0.0928. The Labute approximate surface area is 129 Å². The molecular formula is C16H17NO4S. The summed E-state index contributed by atoms with van der Waals surface area (Å²) in [7, 11) is -3.71. The summed E-state index contributed by atoms with van der Waals surface area (Å²) in [6.45, 7) is -0.235. The van der Waals surface area contributed by atoms with Crippen LogP contribution in [0.4, 0.5) is 0 Å². The first-order valence-corrected chi connectivity index (χ1v) is 8.48. The van der Waals surface area contributed by atoms with Gasteiger partial charge in [0.15, 0.2) is 0 Å².